The van der Waals surface area contributed by atoms with Crippen LogP contribution in [-0.2, 0) is 6.42 Å². The van der Waals surface area contributed by atoms with E-state index in [1.54, 1.807) is 6.07 Å². The summed E-state index contributed by atoms with van der Waals surface area (Å²) < 4.78 is 0. The van der Waals surface area contributed by atoms with Crippen molar-refractivity contribution in [2.45, 2.75) is 31.3 Å². The quantitative estimate of drug-likeness (QED) is 0.645. The van der Waals surface area contributed by atoms with E-state index in [0.717, 1.165) is 30.5 Å². The molecule has 2 aliphatic heterocycles. The van der Waals surface area contributed by atoms with Crippen molar-refractivity contribution in [2.24, 2.45) is 0 Å². The predicted octanol–water partition coefficient (Wildman–Crippen LogP) is 0.596. The summed E-state index contributed by atoms with van der Waals surface area (Å²) in [5.41, 5.74) is 2.10. The van der Waals surface area contributed by atoms with Gasteiger partial charge in [0.25, 0.3) is 5.56 Å². The molecule has 0 aromatic carbocycles. The summed E-state index contributed by atoms with van der Waals surface area (Å²) in [6.45, 7) is 0. The highest BCUT2D eigenvalue weighted by molar-refractivity contribution is 5.37. The SMILES string of the molecule is N#Cc1cc2c([nH]c1=O)C[C@H]1CC[C@H]2N1. The van der Waals surface area contributed by atoms with E-state index in [1.807, 2.05) is 6.07 Å². The Balaban J connectivity index is 2.20. The fourth-order valence-electron chi connectivity index (χ4n) is 2.62. The van der Waals surface area contributed by atoms with Gasteiger partial charge >= 0.3 is 0 Å². The van der Waals surface area contributed by atoms with Crippen molar-refractivity contribution < 1.29 is 0 Å². The lowest BCUT2D eigenvalue weighted by Crippen LogP contribution is -2.34. The average Bonchev–Trinajstić information content (AvgIpc) is 2.61. The Bertz CT molecular complexity index is 512. The molecule has 1 saturated heterocycles. The van der Waals surface area contributed by atoms with Crippen LogP contribution in [0.5, 0.6) is 0 Å². The average molecular weight is 201 g/mol. The van der Waals surface area contributed by atoms with E-state index in [1.165, 1.54) is 0 Å². The maximum absolute atomic E-state index is 11.5. The predicted molar refractivity (Wildman–Crippen MR) is 54.4 cm³/mol. The van der Waals surface area contributed by atoms with Crippen molar-refractivity contribution in [3.63, 3.8) is 0 Å². The molecule has 0 amide bonds. The van der Waals surface area contributed by atoms with E-state index in [2.05, 4.69) is 10.3 Å². The largest absolute Gasteiger partial charge is 0.325 e. The van der Waals surface area contributed by atoms with Gasteiger partial charge in [-0.2, -0.15) is 5.26 Å². The number of rotatable bonds is 0. The summed E-state index contributed by atoms with van der Waals surface area (Å²) in [5.74, 6) is 0. The van der Waals surface area contributed by atoms with E-state index in [-0.39, 0.29) is 11.1 Å². The van der Waals surface area contributed by atoms with Crippen LogP contribution >= 0.6 is 0 Å². The molecule has 3 rings (SSSR count). The number of hydrogen-bond donors (Lipinski definition) is 2. The summed E-state index contributed by atoms with van der Waals surface area (Å²) in [6.07, 6.45) is 3.14. The van der Waals surface area contributed by atoms with Gasteiger partial charge in [0.1, 0.15) is 11.6 Å². The third kappa shape index (κ3) is 1.20. The van der Waals surface area contributed by atoms with Gasteiger partial charge in [-0.15, -0.1) is 0 Å². The number of aromatic amines is 1. The minimum absolute atomic E-state index is 0.223. The molecule has 0 spiro atoms. The van der Waals surface area contributed by atoms with Gasteiger partial charge in [0.2, 0.25) is 0 Å². The molecule has 76 valence electrons. The normalized spacial score (nSPS) is 27.1. The Kier molecular flexibility index (Phi) is 1.70. The summed E-state index contributed by atoms with van der Waals surface area (Å²) in [4.78, 5) is 14.3. The first-order valence-corrected chi connectivity index (χ1v) is 5.20. The van der Waals surface area contributed by atoms with Gasteiger partial charge in [-0.05, 0) is 24.5 Å². The molecular weight excluding hydrogens is 190 g/mol. The molecule has 2 bridgehead atoms. The molecule has 1 fully saturated rings. The lowest BCUT2D eigenvalue weighted by molar-refractivity contribution is 0.505. The number of nitrogens with one attached hydrogen (secondary N) is 2. The second-order valence-corrected chi connectivity index (χ2v) is 4.26. The van der Waals surface area contributed by atoms with E-state index in [4.69, 9.17) is 5.26 Å². The highest BCUT2D eigenvalue weighted by Crippen LogP contribution is 2.34. The zero-order valence-corrected chi connectivity index (χ0v) is 8.21. The van der Waals surface area contributed by atoms with Crippen LogP contribution in [0.15, 0.2) is 10.9 Å². The van der Waals surface area contributed by atoms with Gasteiger partial charge in [0, 0.05) is 24.2 Å². The van der Waals surface area contributed by atoms with Gasteiger partial charge in [-0.3, -0.25) is 4.79 Å². The van der Waals surface area contributed by atoms with E-state index in [9.17, 15) is 4.79 Å². The van der Waals surface area contributed by atoms with Gasteiger partial charge in [-0.1, -0.05) is 0 Å². The molecular formula is C11H11N3O. The third-order valence-electron chi connectivity index (χ3n) is 3.34. The van der Waals surface area contributed by atoms with Crippen molar-refractivity contribution in [2.75, 3.05) is 0 Å². The van der Waals surface area contributed by atoms with Crippen LogP contribution in [0.25, 0.3) is 0 Å². The topological polar surface area (TPSA) is 68.7 Å². The Morgan fingerprint density at radius 1 is 1.47 bits per heavy atom. The molecule has 2 N–H and O–H groups in total. The number of pyridine rings is 1. The Labute approximate surface area is 86.9 Å². The van der Waals surface area contributed by atoms with Crippen LogP contribution in [0.1, 0.15) is 35.7 Å². The monoisotopic (exact) mass is 201 g/mol. The van der Waals surface area contributed by atoms with E-state index >= 15 is 0 Å². The number of nitriles is 1. The minimum Gasteiger partial charge on any atom is -0.325 e. The molecule has 4 heteroatoms. The number of H-pyrrole nitrogens is 1. The van der Waals surface area contributed by atoms with Crippen molar-refractivity contribution in [3.05, 3.63) is 33.2 Å². The molecule has 1 aromatic heterocycles. The Morgan fingerprint density at radius 3 is 3.13 bits per heavy atom. The number of aromatic nitrogens is 1. The molecule has 2 aliphatic rings. The second-order valence-electron chi connectivity index (χ2n) is 4.26. The van der Waals surface area contributed by atoms with Gasteiger partial charge in [-0.25, -0.2) is 0 Å². The zero-order chi connectivity index (χ0) is 10.4. The van der Waals surface area contributed by atoms with Gasteiger partial charge in [0.15, 0.2) is 0 Å². The van der Waals surface area contributed by atoms with Crippen LogP contribution < -0.4 is 10.9 Å². The maximum Gasteiger partial charge on any atom is 0.266 e. The van der Waals surface area contributed by atoms with Crippen molar-refractivity contribution >= 4 is 0 Å². The lowest BCUT2D eigenvalue weighted by Gasteiger charge is -2.24. The first kappa shape index (κ1) is 8.69. The first-order chi connectivity index (χ1) is 7.28. The number of nitrogens with zero attached hydrogens (tertiary/aromatic N) is 1. The Hall–Kier alpha value is -1.60. The molecule has 3 heterocycles. The van der Waals surface area contributed by atoms with Crippen molar-refractivity contribution in [3.8, 4) is 6.07 Å². The van der Waals surface area contributed by atoms with Gasteiger partial charge < -0.3 is 10.3 Å². The van der Waals surface area contributed by atoms with Crippen molar-refractivity contribution in [1.29, 1.82) is 5.26 Å². The molecule has 15 heavy (non-hydrogen) atoms. The highest BCUT2D eigenvalue weighted by atomic mass is 16.1. The Morgan fingerprint density at radius 2 is 2.33 bits per heavy atom. The molecule has 1 aromatic rings. The van der Waals surface area contributed by atoms with Crippen LogP contribution in [0.3, 0.4) is 0 Å². The summed E-state index contributed by atoms with van der Waals surface area (Å²) >= 11 is 0. The molecule has 2 atom stereocenters. The van der Waals surface area contributed by atoms with Crippen molar-refractivity contribution in [1.82, 2.24) is 10.3 Å². The smallest absolute Gasteiger partial charge is 0.266 e. The molecule has 0 aliphatic carbocycles. The summed E-state index contributed by atoms with van der Waals surface area (Å²) in [7, 11) is 0. The molecule has 0 saturated carbocycles. The third-order valence-corrected chi connectivity index (χ3v) is 3.34. The molecule has 4 nitrogen and oxygen atoms in total. The fraction of sp³-hybridized carbons (Fsp3) is 0.455. The number of fused-ring (bicyclic) bond motifs is 4. The van der Waals surface area contributed by atoms with Crippen LogP contribution in [0, 0.1) is 11.3 Å². The second kappa shape index (κ2) is 2.94. The highest BCUT2D eigenvalue weighted by Gasteiger charge is 2.32. The zero-order valence-electron chi connectivity index (χ0n) is 8.21. The van der Waals surface area contributed by atoms with Crippen LogP contribution in [0.2, 0.25) is 0 Å². The maximum atomic E-state index is 11.5. The molecule has 0 radical (unpaired) electrons. The molecule has 0 unspecified atom stereocenters. The minimum atomic E-state index is -0.252. The summed E-state index contributed by atoms with van der Waals surface area (Å²) in [6, 6.07) is 4.52. The van der Waals surface area contributed by atoms with Crippen LogP contribution in [-0.4, -0.2) is 11.0 Å². The standard InChI is InChI=1S/C11H11N3O/c12-5-6-3-8-9-2-1-7(13-9)4-10(8)14-11(6)15/h3,7,9,13H,1-2,4H2,(H,14,15)/t7-,9-/m1/s1. The van der Waals surface area contributed by atoms with E-state index in [0.29, 0.717) is 12.1 Å². The first-order valence-electron chi connectivity index (χ1n) is 5.20. The van der Waals surface area contributed by atoms with Crippen LogP contribution in [0.4, 0.5) is 0 Å². The number of hydrogen-bond acceptors (Lipinski definition) is 3. The lowest BCUT2D eigenvalue weighted by atomic mass is 9.99. The fourth-order valence-corrected chi connectivity index (χ4v) is 2.62. The summed E-state index contributed by atoms with van der Waals surface area (Å²) in [5, 5.41) is 12.3. The van der Waals surface area contributed by atoms with Gasteiger partial charge in [0.05, 0.1) is 0 Å². The van der Waals surface area contributed by atoms with E-state index < -0.39 is 0 Å².